The van der Waals surface area contributed by atoms with E-state index >= 15 is 0 Å². The van der Waals surface area contributed by atoms with Gasteiger partial charge in [-0.25, -0.2) is 12.7 Å². The summed E-state index contributed by atoms with van der Waals surface area (Å²) in [5, 5.41) is 2.75. The van der Waals surface area contributed by atoms with Gasteiger partial charge in [0, 0.05) is 26.2 Å². The van der Waals surface area contributed by atoms with Gasteiger partial charge >= 0.3 is 0 Å². The highest BCUT2D eigenvalue weighted by Crippen LogP contribution is 2.15. The van der Waals surface area contributed by atoms with Crippen LogP contribution in [-0.4, -0.2) is 56.7 Å². The lowest BCUT2D eigenvalue weighted by Gasteiger charge is -2.15. The number of rotatable bonds is 5. The van der Waals surface area contributed by atoms with E-state index in [1.807, 2.05) is 0 Å². The summed E-state index contributed by atoms with van der Waals surface area (Å²) in [6.45, 7) is 2.07. The SMILES string of the molecule is O=C(C[C@H]1CCCO1)NCCN1CCCS1(=O)=O. The first-order valence-electron chi connectivity index (χ1n) is 6.44. The lowest BCUT2D eigenvalue weighted by atomic mass is 10.2. The predicted octanol–water partition coefficient (Wildman–Crippen LogP) is -0.293. The van der Waals surface area contributed by atoms with E-state index in [0.29, 0.717) is 32.5 Å². The molecule has 0 aromatic carbocycles. The molecule has 104 valence electrons. The van der Waals surface area contributed by atoms with Gasteiger partial charge in [0.2, 0.25) is 15.9 Å². The average molecular weight is 276 g/mol. The largest absolute Gasteiger partial charge is 0.378 e. The molecule has 1 atom stereocenters. The molecule has 0 aromatic rings. The van der Waals surface area contributed by atoms with Crippen LogP contribution in [0.15, 0.2) is 0 Å². The van der Waals surface area contributed by atoms with Gasteiger partial charge < -0.3 is 10.1 Å². The Bertz CT molecular complexity index is 390. The van der Waals surface area contributed by atoms with Gasteiger partial charge in [0.25, 0.3) is 0 Å². The van der Waals surface area contributed by atoms with E-state index in [9.17, 15) is 13.2 Å². The Labute approximate surface area is 108 Å². The second-order valence-corrected chi connectivity index (χ2v) is 6.85. The number of sulfonamides is 1. The maximum Gasteiger partial charge on any atom is 0.222 e. The van der Waals surface area contributed by atoms with Gasteiger partial charge in [-0.05, 0) is 19.3 Å². The van der Waals surface area contributed by atoms with E-state index in [1.165, 1.54) is 4.31 Å². The number of amides is 1. The molecule has 6 nitrogen and oxygen atoms in total. The van der Waals surface area contributed by atoms with Gasteiger partial charge in [-0.3, -0.25) is 4.79 Å². The average Bonchev–Trinajstić information content (AvgIpc) is 2.89. The number of ether oxygens (including phenoxy) is 1. The molecular formula is C11H20N2O4S. The standard InChI is InChI=1S/C11H20N2O4S/c14-11(9-10-3-1-7-17-10)12-4-6-13-5-2-8-18(13,15)16/h10H,1-9H2,(H,12,14)/t10-/m1/s1. The van der Waals surface area contributed by atoms with E-state index in [0.717, 1.165) is 19.4 Å². The molecule has 0 aromatic heterocycles. The van der Waals surface area contributed by atoms with Crippen LogP contribution < -0.4 is 5.32 Å². The van der Waals surface area contributed by atoms with Crippen LogP contribution in [0, 0.1) is 0 Å². The van der Waals surface area contributed by atoms with Crippen LogP contribution >= 0.6 is 0 Å². The molecule has 0 bridgehead atoms. The third-order valence-corrected chi connectivity index (χ3v) is 5.28. The van der Waals surface area contributed by atoms with E-state index in [2.05, 4.69) is 5.32 Å². The Kier molecular flexibility index (Phi) is 4.58. The van der Waals surface area contributed by atoms with Crippen molar-refractivity contribution in [3.63, 3.8) is 0 Å². The van der Waals surface area contributed by atoms with Crippen LogP contribution in [0.5, 0.6) is 0 Å². The van der Waals surface area contributed by atoms with E-state index < -0.39 is 10.0 Å². The third-order valence-electron chi connectivity index (χ3n) is 3.32. The third kappa shape index (κ3) is 3.66. The van der Waals surface area contributed by atoms with Crippen LogP contribution in [-0.2, 0) is 19.6 Å². The highest BCUT2D eigenvalue weighted by Gasteiger charge is 2.27. The van der Waals surface area contributed by atoms with Crippen molar-refractivity contribution < 1.29 is 17.9 Å². The summed E-state index contributed by atoms with van der Waals surface area (Å²) in [4.78, 5) is 11.6. The van der Waals surface area contributed by atoms with E-state index in [1.54, 1.807) is 0 Å². The summed E-state index contributed by atoms with van der Waals surface area (Å²) in [7, 11) is -3.05. The quantitative estimate of drug-likeness (QED) is 0.748. The van der Waals surface area contributed by atoms with Crippen molar-refractivity contribution in [1.29, 1.82) is 0 Å². The lowest BCUT2D eigenvalue weighted by Crippen LogP contribution is -2.36. The molecule has 0 unspecified atom stereocenters. The molecule has 0 saturated carbocycles. The molecule has 2 saturated heterocycles. The predicted molar refractivity (Wildman–Crippen MR) is 66.6 cm³/mol. The summed E-state index contributed by atoms with van der Waals surface area (Å²) < 4.78 is 29.8. The number of nitrogens with zero attached hydrogens (tertiary/aromatic N) is 1. The van der Waals surface area contributed by atoms with Crippen molar-refractivity contribution >= 4 is 15.9 Å². The van der Waals surface area contributed by atoms with Crippen LogP contribution in [0.3, 0.4) is 0 Å². The minimum absolute atomic E-state index is 0.0421. The molecule has 18 heavy (non-hydrogen) atoms. The fourth-order valence-corrected chi connectivity index (χ4v) is 3.88. The fraction of sp³-hybridized carbons (Fsp3) is 0.909. The number of hydrogen-bond donors (Lipinski definition) is 1. The van der Waals surface area contributed by atoms with Gasteiger partial charge in [0.15, 0.2) is 0 Å². The molecule has 2 heterocycles. The van der Waals surface area contributed by atoms with Crippen molar-refractivity contribution in [2.24, 2.45) is 0 Å². The minimum atomic E-state index is -3.05. The molecule has 1 N–H and O–H groups in total. The molecule has 0 spiro atoms. The number of carbonyl (C=O) groups is 1. The van der Waals surface area contributed by atoms with Gasteiger partial charge in [0.05, 0.1) is 18.3 Å². The summed E-state index contributed by atoms with van der Waals surface area (Å²) in [5.74, 6) is 0.176. The molecule has 2 rings (SSSR count). The van der Waals surface area contributed by atoms with E-state index in [-0.39, 0.29) is 17.8 Å². The summed E-state index contributed by atoms with van der Waals surface area (Å²) in [6, 6.07) is 0. The lowest BCUT2D eigenvalue weighted by molar-refractivity contribution is -0.123. The van der Waals surface area contributed by atoms with Crippen LogP contribution in [0.2, 0.25) is 0 Å². The van der Waals surface area contributed by atoms with Crippen molar-refractivity contribution in [1.82, 2.24) is 9.62 Å². The molecule has 2 aliphatic heterocycles. The first kappa shape index (κ1) is 13.8. The number of carbonyl (C=O) groups excluding carboxylic acids is 1. The molecule has 7 heteroatoms. The Morgan fingerprint density at radius 1 is 1.39 bits per heavy atom. The maximum absolute atomic E-state index is 11.6. The summed E-state index contributed by atoms with van der Waals surface area (Å²) in [5.41, 5.74) is 0. The van der Waals surface area contributed by atoms with Gasteiger partial charge in [0.1, 0.15) is 0 Å². The van der Waals surface area contributed by atoms with Crippen molar-refractivity contribution in [2.45, 2.75) is 31.8 Å². The van der Waals surface area contributed by atoms with Crippen molar-refractivity contribution in [3.8, 4) is 0 Å². The second kappa shape index (κ2) is 5.99. The first-order chi connectivity index (χ1) is 8.58. The van der Waals surface area contributed by atoms with Crippen molar-refractivity contribution in [2.75, 3.05) is 32.0 Å². The Morgan fingerprint density at radius 3 is 2.83 bits per heavy atom. The zero-order valence-corrected chi connectivity index (χ0v) is 11.2. The summed E-state index contributed by atoms with van der Waals surface area (Å²) >= 11 is 0. The molecule has 2 aliphatic rings. The Hall–Kier alpha value is -0.660. The van der Waals surface area contributed by atoms with Gasteiger partial charge in [-0.2, -0.15) is 0 Å². The van der Waals surface area contributed by atoms with Gasteiger partial charge in [-0.1, -0.05) is 0 Å². The zero-order valence-electron chi connectivity index (χ0n) is 10.4. The zero-order chi connectivity index (χ0) is 13.0. The Balaban J connectivity index is 1.64. The van der Waals surface area contributed by atoms with Crippen LogP contribution in [0.25, 0.3) is 0 Å². The second-order valence-electron chi connectivity index (χ2n) is 4.76. The van der Waals surface area contributed by atoms with Gasteiger partial charge in [-0.15, -0.1) is 0 Å². The number of hydrogen-bond acceptors (Lipinski definition) is 4. The monoisotopic (exact) mass is 276 g/mol. The fourth-order valence-electron chi connectivity index (χ4n) is 2.35. The topological polar surface area (TPSA) is 75.7 Å². The summed E-state index contributed by atoms with van der Waals surface area (Å²) in [6.07, 6.45) is 3.07. The van der Waals surface area contributed by atoms with Crippen molar-refractivity contribution in [3.05, 3.63) is 0 Å². The number of nitrogens with one attached hydrogen (secondary N) is 1. The van der Waals surface area contributed by atoms with Crippen LogP contribution in [0.1, 0.15) is 25.7 Å². The highest BCUT2D eigenvalue weighted by molar-refractivity contribution is 7.89. The minimum Gasteiger partial charge on any atom is -0.378 e. The van der Waals surface area contributed by atoms with Crippen LogP contribution in [0.4, 0.5) is 0 Å². The smallest absolute Gasteiger partial charge is 0.222 e. The maximum atomic E-state index is 11.6. The van der Waals surface area contributed by atoms with E-state index in [4.69, 9.17) is 4.74 Å². The Morgan fingerprint density at radius 2 is 2.22 bits per heavy atom. The molecule has 0 radical (unpaired) electrons. The molecule has 0 aliphatic carbocycles. The molecular weight excluding hydrogens is 256 g/mol. The molecule has 2 fully saturated rings. The highest BCUT2D eigenvalue weighted by atomic mass is 32.2. The first-order valence-corrected chi connectivity index (χ1v) is 8.05. The molecule has 1 amide bonds. The normalized spacial score (nSPS) is 27.4.